The van der Waals surface area contributed by atoms with Gasteiger partial charge in [-0.2, -0.15) is 18.3 Å². The van der Waals surface area contributed by atoms with Gasteiger partial charge >= 0.3 is 6.18 Å². The average molecular weight is 540 g/mol. The van der Waals surface area contributed by atoms with Gasteiger partial charge in [0.2, 0.25) is 5.91 Å². The molecule has 0 aliphatic heterocycles. The van der Waals surface area contributed by atoms with E-state index in [-0.39, 0.29) is 24.9 Å². The van der Waals surface area contributed by atoms with Gasteiger partial charge in [0.15, 0.2) is 5.69 Å². The van der Waals surface area contributed by atoms with Crippen molar-refractivity contribution in [2.75, 3.05) is 13.1 Å². The first-order chi connectivity index (χ1) is 18.3. The number of rotatable bonds is 7. The van der Waals surface area contributed by atoms with Crippen LogP contribution in [0.25, 0.3) is 16.3 Å². The van der Waals surface area contributed by atoms with Crippen molar-refractivity contribution in [2.45, 2.75) is 25.4 Å². The summed E-state index contributed by atoms with van der Waals surface area (Å²) in [5, 5.41) is 9.77. The van der Waals surface area contributed by atoms with Crippen LogP contribution in [0.15, 0.2) is 66.9 Å². The maximum atomic E-state index is 13.5. The van der Waals surface area contributed by atoms with Gasteiger partial charge < -0.3 is 10.6 Å². The number of halogens is 3. The summed E-state index contributed by atoms with van der Waals surface area (Å²) in [6.45, 7) is 0.0785. The molecule has 4 aromatic rings. The maximum absolute atomic E-state index is 13.5. The van der Waals surface area contributed by atoms with Crippen molar-refractivity contribution in [1.82, 2.24) is 25.4 Å². The Labute approximate surface area is 220 Å². The van der Waals surface area contributed by atoms with Crippen LogP contribution >= 0.6 is 11.3 Å². The molecule has 2 amide bonds. The van der Waals surface area contributed by atoms with Crippen LogP contribution in [0.1, 0.15) is 33.0 Å². The molecule has 196 valence electrons. The van der Waals surface area contributed by atoms with Gasteiger partial charge in [0, 0.05) is 35.6 Å². The Hall–Kier alpha value is -3.99. The van der Waals surface area contributed by atoms with E-state index >= 15 is 0 Å². The number of hydrogen-bond donors (Lipinski definition) is 2. The number of thiazole rings is 1. The fourth-order valence-corrected chi connectivity index (χ4v) is 5.56. The lowest BCUT2D eigenvalue weighted by atomic mass is 9.90. The highest BCUT2D eigenvalue weighted by Gasteiger charge is 2.39. The second-order valence-corrected chi connectivity index (χ2v) is 9.99. The van der Waals surface area contributed by atoms with Crippen LogP contribution in [-0.2, 0) is 23.8 Å². The zero-order valence-electron chi connectivity index (χ0n) is 20.2. The van der Waals surface area contributed by atoms with Gasteiger partial charge in [-0.3, -0.25) is 9.59 Å². The third-order valence-electron chi connectivity index (χ3n) is 6.29. The van der Waals surface area contributed by atoms with E-state index in [9.17, 15) is 22.8 Å². The van der Waals surface area contributed by atoms with Crippen molar-refractivity contribution in [3.05, 3.63) is 88.7 Å². The van der Waals surface area contributed by atoms with E-state index in [2.05, 4.69) is 15.7 Å². The molecule has 7 nitrogen and oxygen atoms in total. The summed E-state index contributed by atoms with van der Waals surface area (Å²) in [5.41, 5.74) is 0.636. The third kappa shape index (κ3) is 5.62. The average Bonchev–Trinajstić information content (AvgIpc) is 3.57. The number of carbonyl (C=O) groups is 2. The molecular weight excluding hydrogens is 515 g/mol. The van der Waals surface area contributed by atoms with Crippen LogP contribution in [0.2, 0.25) is 0 Å². The number of fused-ring (bicyclic) bond motifs is 1. The summed E-state index contributed by atoms with van der Waals surface area (Å²) < 4.78 is 41.6. The van der Waals surface area contributed by atoms with Crippen molar-refractivity contribution in [1.29, 1.82) is 0 Å². The molecule has 0 saturated carbocycles. The number of alkyl halides is 3. The summed E-state index contributed by atoms with van der Waals surface area (Å²) >= 11 is 1.60. The van der Waals surface area contributed by atoms with E-state index < -0.39 is 23.3 Å². The number of aromatic nitrogens is 3. The van der Waals surface area contributed by atoms with E-state index in [1.807, 2.05) is 30.3 Å². The Morgan fingerprint density at radius 1 is 1.00 bits per heavy atom. The SMILES string of the molecule is O=C(NCCNC(=O)C1CCc2nc(-c3ccccc3)sc2C1)c1cn(-c2ccccc2)nc1C(F)(F)F. The molecule has 1 atom stereocenters. The number of nitrogens with one attached hydrogen (secondary N) is 2. The second kappa shape index (κ2) is 10.8. The van der Waals surface area contributed by atoms with Crippen LogP contribution in [-0.4, -0.2) is 39.7 Å². The highest BCUT2D eigenvalue weighted by molar-refractivity contribution is 7.15. The van der Waals surface area contributed by atoms with Gasteiger partial charge in [0.25, 0.3) is 5.91 Å². The van der Waals surface area contributed by atoms with Crippen LogP contribution < -0.4 is 10.6 Å². The zero-order valence-corrected chi connectivity index (χ0v) is 21.0. The number of hydrogen-bond acceptors (Lipinski definition) is 5. The molecule has 2 heterocycles. The number of amides is 2. The summed E-state index contributed by atoms with van der Waals surface area (Å²) in [4.78, 5) is 31.2. The molecule has 2 aromatic carbocycles. The molecule has 5 rings (SSSR count). The third-order valence-corrected chi connectivity index (χ3v) is 7.46. The predicted molar refractivity (Wildman–Crippen MR) is 137 cm³/mol. The molecule has 38 heavy (non-hydrogen) atoms. The van der Waals surface area contributed by atoms with Crippen LogP contribution in [0.4, 0.5) is 13.2 Å². The molecule has 2 aromatic heterocycles. The van der Waals surface area contributed by atoms with E-state index in [4.69, 9.17) is 4.98 Å². The topological polar surface area (TPSA) is 88.9 Å². The number of benzene rings is 2. The molecule has 0 fully saturated rings. The number of nitrogens with zero attached hydrogens (tertiary/aromatic N) is 3. The molecule has 0 radical (unpaired) electrons. The number of aryl methyl sites for hydroxylation is 1. The molecule has 1 unspecified atom stereocenters. The fraction of sp³-hybridized carbons (Fsp3) is 0.259. The molecule has 0 spiro atoms. The summed E-state index contributed by atoms with van der Waals surface area (Å²) in [6, 6.07) is 18.1. The van der Waals surface area contributed by atoms with Crippen LogP contribution in [0.3, 0.4) is 0 Å². The van der Waals surface area contributed by atoms with Gasteiger partial charge in [-0.1, -0.05) is 48.5 Å². The summed E-state index contributed by atoms with van der Waals surface area (Å²) in [7, 11) is 0. The zero-order chi connectivity index (χ0) is 26.7. The molecule has 1 aliphatic carbocycles. The summed E-state index contributed by atoms with van der Waals surface area (Å²) in [6.07, 6.45) is -1.77. The van der Waals surface area contributed by atoms with Crippen LogP contribution in [0.5, 0.6) is 0 Å². The van der Waals surface area contributed by atoms with Crippen molar-refractivity contribution in [3.63, 3.8) is 0 Å². The first-order valence-corrected chi connectivity index (χ1v) is 12.9. The molecule has 2 N–H and O–H groups in total. The lowest BCUT2D eigenvalue weighted by molar-refractivity contribution is -0.141. The molecule has 11 heteroatoms. The van der Waals surface area contributed by atoms with Gasteiger partial charge in [-0.25, -0.2) is 9.67 Å². The summed E-state index contributed by atoms with van der Waals surface area (Å²) in [5.74, 6) is -1.27. The van der Waals surface area contributed by atoms with Gasteiger partial charge in [0.1, 0.15) is 5.01 Å². The van der Waals surface area contributed by atoms with E-state index in [0.717, 1.165) is 32.0 Å². The number of para-hydroxylation sites is 1. The van der Waals surface area contributed by atoms with Gasteiger partial charge in [-0.05, 0) is 31.4 Å². The molecular formula is C27H24F3N5O2S. The predicted octanol–water partition coefficient (Wildman–Crippen LogP) is 4.67. The first kappa shape index (κ1) is 25.7. The minimum Gasteiger partial charge on any atom is -0.354 e. The maximum Gasteiger partial charge on any atom is 0.435 e. The van der Waals surface area contributed by atoms with Crippen molar-refractivity contribution >= 4 is 23.2 Å². The minimum atomic E-state index is -4.79. The Morgan fingerprint density at radius 3 is 2.39 bits per heavy atom. The lowest BCUT2D eigenvalue weighted by Gasteiger charge is -2.20. The Kier molecular flexibility index (Phi) is 7.28. The monoisotopic (exact) mass is 539 g/mol. The highest BCUT2D eigenvalue weighted by Crippen LogP contribution is 2.35. The normalized spacial score (nSPS) is 15.1. The Balaban J connectivity index is 1.15. The fourth-order valence-electron chi connectivity index (χ4n) is 4.37. The molecule has 0 saturated heterocycles. The lowest BCUT2D eigenvalue weighted by Crippen LogP contribution is -2.39. The van der Waals surface area contributed by atoms with Gasteiger partial charge in [0.05, 0.1) is 16.9 Å². The van der Waals surface area contributed by atoms with Crippen LogP contribution in [0, 0.1) is 5.92 Å². The molecule has 0 bridgehead atoms. The highest BCUT2D eigenvalue weighted by atomic mass is 32.1. The first-order valence-electron chi connectivity index (χ1n) is 12.1. The van der Waals surface area contributed by atoms with Gasteiger partial charge in [-0.15, -0.1) is 11.3 Å². The van der Waals surface area contributed by atoms with E-state index in [1.54, 1.807) is 41.7 Å². The standard InChI is InChI=1S/C27H24F3N5O2S/c28-27(29,30)23-20(16-35(34-23)19-9-5-2-6-10-19)25(37)32-14-13-31-24(36)18-11-12-21-22(15-18)38-26(33-21)17-7-3-1-4-8-17/h1-10,16,18H,11-15H2,(H,31,36)(H,32,37). The number of carbonyl (C=O) groups excluding carboxylic acids is 2. The minimum absolute atomic E-state index is 0.0188. The van der Waals surface area contributed by atoms with E-state index in [1.165, 1.54) is 0 Å². The largest absolute Gasteiger partial charge is 0.435 e. The Morgan fingerprint density at radius 2 is 1.68 bits per heavy atom. The van der Waals surface area contributed by atoms with Crippen molar-refractivity contribution in [2.24, 2.45) is 5.92 Å². The van der Waals surface area contributed by atoms with E-state index in [0.29, 0.717) is 24.9 Å². The molecule has 1 aliphatic rings. The second-order valence-electron chi connectivity index (χ2n) is 8.91. The van der Waals surface area contributed by atoms with Crippen molar-refractivity contribution < 1.29 is 22.8 Å². The smallest absolute Gasteiger partial charge is 0.354 e. The van der Waals surface area contributed by atoms with Crippen molar-refractivity contribution in [3.8, 4) is 16.3 Å². The quantitative estimate of drug-likeness (QED) is 0.334. The Bertz CT molecular complexity index is 1430.